The maximum absolute atomic E-state index is 12.4. The Morgan fingerprint density at radius 1 is 1.24 bits per heavy atom. The molecule has 4 aliphatic rings. The van der Waals surface area contributed by atoms with E-state index in [4.69, 9.17) is 0 Å². The molecule has 4 heteroatoms. The minimum atomic E-state index is -0.844. The average Bonchev–Trinajstić information content (AvgIpc) is 2.54. The lowest BCUT2D eigenvalue weighted by atomic mass is 9.49. The number of aliphatic hydroxyl groups is 1. The fourth-order valence-corrected chi connectivity index (χ4v) is 6.11. The van der Waals surface area contributed by atoms with Crippen molar-refractivity contribution < 1.29 is 15.0 Å². The van der Waals surface area contributed by atoms with E-state index in [1.54, 1.807) is 6.07 Å². The smallest absolute Gasteiger partial charge is 0.134 e. The summed E-state index contributed by atoms with van der Waals surface area (Å²) in [6.45, 7) is 2.04. The maximum atomic E-state index is 12.4. The molecule has 1 aromatic carbocycles. The number of piperidine rings is 1. The van der Waals surface area contributed by atoms with Crippen molar-refractivity contribution in [3.63, 3.8) is 0 Å². The molecule has 1 aliphatic heterocycles. The average molecular weight is 341 g/mol. The van der Waals surface area contributed by atoms with Gasteiger partial charge in [-0.25, -0.2) is 0 Å². The van der Waals surface area contributed by atoms with Crippen LogP contribution in [0.3, 0.4) is 0 Å². The van der Waals surface area contributed by atoms with E-state index in [2.05, 4.69) is 4.90 Å². The number of ketones is 1. The first kappa shape index (κ1) is 15.8. The van der Waals surface area contributed by atoms with Crippen molar-refractivity contribution in [1.29, 1.82) is 0 Å². The van der Waals surface area contributed by atoms with E-state index in [1.165, 1.54) is 24.8 Å². The molecule has 1 aromatic rings. The molecule has 0 amide bonds. The number of rotatable bonds is 2. The van der Waals surface area contributed by atoms with E-state index in [-0.39, 0.29) is 17.6 Å². The quantitative estimate of drug-likeness (QED) is 0.868. The molecule has 0 spiro atoms. The molecule has 25 heavy (non-hydrogen) atoms. The summed E-state index contributed by atoms with van der Waals surface area (Å²) >= 11 is 0. The topological polar surface area (TPSA) is 60.8 Å². The third-order valence-electron chi connectivity index (χ3n) is 7.67. The number of phenols is 1. The van der Waals surface area contributed by atoms with Crippen LogP contribution in [0, 0.1) is 5.92 Å². The summed E-state index contributed by atoms with van der Waals surface area (Å²) in [5, 5.41) is 22.0. The first-order chi connectivity index (χ1) is 12.0. The number of phenolic OH excluding ortho intramolecular Hbond substituents is 1. The van der Waals surface area contributed by atoms with Crippen molar-refractivity contribution >= 4 is 5.78 Å². The van der Waals surface area contributed by atoms with Crippen molar-refractivity contribution in [2.75, 3.05) is 13.1 Å². The van der Waals surface area contributed by atoms with Crippen molar-refractivity contribution in [3.05, 3.63) is 29.3 Å². The predicted octanol–water partition coefficient (Wildman–Crippen LogP) is 2.54. The second-order valence-corrected chi connectivity index (χ2v) is 8.83. The van der Waals surface area contributed by atoms with Crippen LogP contribution in [-0.4, -0.2) is 45.6 Å². The molecule has 0 unspecified atom stereocenters. The lowest BCUT2D eigenvalue weighted by Crippen LogP contribution is -2.73. The number of likely N-dealkylation sites (tertiary alicyclic amines) is 1. The Morgan fingerprint density at radius 2 is 2.08 bits per heavy atom. The molecule has 0 radical (unpaired) electrons. The molecular formula is C21H27NO3. The van der Waals surface area contributed by atoms with Crippen LogP contribution in [0.2, 0.25) is 0 Å². The molecule has 3 fully saturated rings. The number of hydrogen-bond acceptors (Lipinski definition) is 4. The number of Topliss-reactive ketones (excluding diaryl/α,β-unsaturated/α-hetero) is 1. The van der Waals surface area contributed by atoms with E-state index in [0.29, 0.717) is 19.3 Å². The molecule has 2 N–H and O–H groups in total. The van der Waals surface area contributed by atoms with Gasteiger partial charge in [-0.3, -0.25) is 9.69 Å². The fraction of sp³-hybridized carbons (Fsp3) is 0.667. The Hall–Kier alpha value is -1.39. The van der Waals surface area contributed by atoms with Crippen molar-refractivity contribution in [2.24, 2.45) is 5.92 Å². The van der Waals surface area contributed by atoms with Crippen LogP contribution >= 0.6 is 0 Å². The fourth-order valence-electron chi connectivity index (χ4n) is 6.11. The molecule has 1 saturated heterocycles. The first-order valence-corrected chi connectivity index (χ1v) is 9.82. The van der Waals surface area contributed by atoms with Crippen LogP contribution in [0.5, 0.6) is 5.75 Å². The zero-order chi connectivity index (χ0) is 17.2. The number of nitrogens with zero attached hydrogens (tertiary/aromatic N) is 1. The number of carbonyl (C=O) groups excluding carboxylic acids is 1. The van der Waals surface area contributed by atoms with E-state index in [0.717, 1.165) is 37.4 Å². The molecule has 2 saturated carbocycles. The number of aromatic hydroxyl groups is 1. The summed E-state index contributed by atoms with van der Waals surface area (Å²) < 4.78 is 0. The summed E-state index contributed by atoms with van der Waals surface area (Å²) in [6, 6.07) is 5.67. The highest BCUT2D eigenvalue weighted by Crippen LogP contribution is 2.58. The van der Waals surface area contributed by atoms with Gasteiger partial charge >= 0.3 is 0 Å². The van der Waals surface area contributed by atoms with Crippen molar-refractivity contribution in [2.45, 2.75) is 68.4 Å². The number of hydrogen-bond donors (Lipinski definition) is 2. The van der Waals surface area contributed by atoms with Gasteiger partial charge in [0.25, 0.3) is 0 Å². The number of carbonyl (C=O) groups is 1. The minimum Gasteiger partial charge on any atom is -0.508 e. The maximum Gasteiger partial charge on any atom is 0.134 e. The highest BCUT2D eigenvalue weighted by atomic mass is 16.3. The van der Waals surface area contributed by atoms with Gasteiger partial charge in [0.1, 0.15) is 11.5 Å². The van der Waals surface area contributed by atoms with Gasteiger partial charge in [-0.05, 0) is 67.8 Å². The lowest BCUT2D eigenvalue weighted by Gasteiger charge is -2.63. The molecule has 2 bridgehead atoms. The van der Waals surface area contributed by atoms with Gasteiger partial charge in [-0.15, -0.1) is 0 Å². The van der Waals surface area contributed by atoms with Crippen LogP contribution in [0.1, 0.15) is 56.1 Å². The SMILES string of the molecule is O=C1CC[C@@]2(O)[C@H]3Cc4ccc(O)cc4[C@@]2(CCN3CC2CCC2)C1. The lowest BCUT2D eigenvalue weighted by molar-refractivity contribution is -0.174. The summed E-state index contributed by atoms with van der Waals surface area (Å²) in [5.41, 5.74) is 0.891. The third kappa shape index (κ3) is 2.10. The molecule has 134 valence electrons. The molecule has 4 nitrogen and oxygen atoms in total. The van der Waals surface area contributed by atoms with Gasteiger partial charge in [0.2, 0.25) is 0 Å². The van der Waals surface area contributed by atoms with Gasteiger partial charge in [0.15, 0.2) is 0 Å². The Labute approximate surface area is 148 Å². The molecule has 3 atom stereocenters. The van der Waals surface area contributed by atoms with Crippen LogP contribution in [0.25, 0.3) is 0 Å². The number of fused-ring (bicyclic) bond motifs is 1. The Balaban J connectivity index is 1.61. The van der Waals surface area contributed by atoms with E-state index >= 15 is 0 Å². The van der Waals surface area contributed by atoms with Gasteiger partial charge in [0.05, 0.1) is 5.60 Å². The minimum absolute atomic E-state index is 0.104. The number of benzene rings is 1. The monoisotopic (exact) mass is 341 g/mol. The van der Waals surface area contributed by atoms with Crippen LogP contribution in [0.4, 0.5) is 0 Å². The summed E-state index contributed by atoms with van der Waals surface area (Å²) in [4.78, 5) is 14.9. The van der Waals surface area contributed by atoms with Crippen LogP contribution < -0.4 is 0 Å². The molecule has 1 heterocycles. The van der Waals surface area contributed by atoms with Gasteiger partial charge in [0, 0.05) is 30.8 Å². The normalized spacial score (nSPS) is 38.0. The molecular weight excluding hydrogens is 314 g/mol. The predicted molar refractivity (Wildman–Crippen MR) is 94.6 cm³/mol. The first-order valence-electron chi connectivity index (χ1n) is 9.82. The zero-order valence-corrected chi connectivity index (χ0v) is 14.7. The van der Waals surface area contributed by atoms with E-state index < -0.39 is 11.0 Å². The highest BCUT2D eigenvalue weighted by molar-refractivity contribution is 5.82. The third-order valence-corrected chi connectivity index (χ3v) is 7.67. The Morgan fingerprint density at radius 3 is 2.84 bits per heavy atom. The largest absolute Gasteiger partial charge is 0.508 e. The highest BCUT2D eigenvalue weighted by Gasteiger charge is 2.64. The molecule has 0 aromatic heterocycles. The van der Waals surface area contributed by atoms with Crippen LogP contribution in [0.15, 0.2) is 18.2 Å². The Bertz CT molecular complexity index is 728. The van der Waals surface area contributed by atoms with Crippen molar-refractivity contribution in [1.82, 2.24) is 4.90 Å². The standard InChI is InChI=1S/C21H27NO3/c23-16-5-4-15-10-19-21(25)7-6-17(24)12-20(21,18(15)11-16)8-9-22(19)13-14-2-1-3-14/h4-5,11,14,19,23,25H,1-3,6-10,12-13H2/t19-,20-,21-/m1/s1. The van der Waals surface area contributed by atoms with Gasteiger partial charge in [-0.2, -0.15) is 0 Å². The second kappa shape index (κ2) is 5.31. The van der Waals surface area contributed by atoms with Crippen LogP contribution in [-0.2, 0) is 16.6 Å². The second-order valence-electron chi connectivity index (χ2n) is 8.83. The van der Waals surface area contributed by atoms with Gasteiger partial charge < -0.3 is 10.2 Å². The summed E-state index contributed by atoms with van der Waals surface area (Å²) in [7, 11) is 0. The summed E-state index contributed by atoms with van der Waals surface area (Å²) in [6.07, 6.45) is 7.09. The van der Waals surface area contributed by atoms with Crippen molar-refractivity contribution in [3.8, 4) is 5.75 Å². The summed E-state index contributed by atoms with van der Waals surface area (Å²) in [5.74, 6) is 1.28. The zero-order valence-electron chi connectivity index (χ0n) is 14.7. The van der Waals surface area contributed by atoms with E-state index in [9.17, 15) is 15.0 Å². The van der Waals surface area contributed by atoms with Gasteiger partial charge in [-0.1, -0.05) is 12.5 Å². The molecule has 3 aliphatic carbocycles. The Kier molecular flexibility index (Phi) is 3.36. The van der Waals surface area contributed by atoms with E-state index in [1.807, 2.05) is 12.1 Å². The molecule has 5 rings (SSSR count).